The van der Waals surface area contributed by atoms with E-state index < -0.39 is 5.97 Å². The van der Waals surface area contributed by atoms with E-state index in [-0.39, 0.29) is 5.43 Å². The van der Waals surface area contributed by atoms with Gasteiger partial charge in [-0.1, -0.05) is 0 Å². The van der Waals surface area contributed by atoms with Gasteiger partial charge < -0.3 is 9.72 Å². The van der Waals surface area contributed by atoms with Crippen LogP contribution in [0.1, 0.15) is 23.1 Å². The Morgan fingerprint density at radius 1 is 1.56 bits per heavy atom. The average molecular weight is 220 g/mol. The van der Waals surface area contributed by atoms with Gasteiger partial charge in [0.25, 0.3) is 0 Å². The second kappa shape index (κ2) is 3.84. The summed E-state index contributed by atoms with van der Waals surface area (Å²) in [7, 11) is 0. The summed E-state index contributed by atoms with van der Waals surface area (Å²) < 4.78 is 6.57. The maximum absolute atomic E-state index is 11.7. The molecule has 0 atom stereocenters. The zero-order valence-corrected chi connectivity index (χ0v) is 9.11. The minimum Gasteiger partial charge on any atom is -0.461 e. The van der Waals surface area contributed by atoms with Crippen molar-refractivity contribution >= 4 is 11.6 Å². The molecule has 2 heterocycles. The van der Waals surface area contributed by atoms with E-state index in [2.05, 4.69) is 4.98 Å². The Morgan fingerprint density at radius 2 is 2.31 bits per heavy atom. The van der Waals surface area contributed by atoms with Crippen molar-refractivity contribution in [2.24, 2.45) is 0 Å². The molecule has 0 spiro atoms. The fraction of sp³-hybridized carbons (Fsp3) is 0.273. The highest BCUT2D eigenvalue weighted by Gasteiger charge is 2.16. The lowest BCUT2D eigenvalue weighted by Gasteiger charge is -2.02. The Kier molecular flexibility index (Phi) is 2.52. The first kappa shape index (κ1) is 10.5. The number of carbonyl (C=O) groups is 1. The zero-order valence-electron chi connectivity index (χ0n) is 9.11. The summed E-state index contributed by atoms with van der Waals surface area (Å²) in [6.45, 7) is 3.84. The minimum atomic E-state index is -0.394. The van der Waals surface area contributed by atoms with Gasteiger partial charge in [-0.3, -0.25) is 9.20 Å². The fourth-order valence-electron chi connectivity index (χ4n) is 1.65. The van der Waals surface area contributed by atoms with Gasteiger partial charge in [0.05, 0.1) is 6.61 Å². The van der Waals surface area contributed by atoms with E-state index in [0.29, 0.717) is 23.6 Å². The van der Waals surface area contributed by atoms with E-state index in [0.717, 1.165) is 0 Å². The molecule has 0 fully saturated rings. The van der Waals surface area contributed by atoms with Crippen LogP contribution in [0, 0.1) is 6.92 Å². The van der Waals surface area contributed by atoms with Crippen LogP contribution in [0.15, 0.2) is 23.1 Å². The second-order valence-corrected chi connectivity index (χ2v) is 3.44. The number of aryl methyl sites for hydroxylation is 1. The number of carbonyl (C=O) groups excluding carboxylic acids is 1. The summed E-state index contributed by atoms with van der Waals surface area (Å²) in [5.74, 6) is -0.394. The molecule has 0 amide bonds. The molecule has 84 valence electrons. The standard InChI is InChI=1S/C11H12N2O3/c1-3-16-11(15)10-7(2)12-9-6-8(14)4-5-13(9)10/h4-6,12H,3H2,1-2H3. The maximum atomic E-state index is 11.7. The van der Waals surface area contributed by atoms with Crippen molar-refractivity contribution in [3.05, 3.63) is 39.9 Å². The number of hydrogen-bond donors (Lipinski definition) is 1. The van der Waals surface area contributed by atoms with E-state index in [1.54, 1.807) is 24.4 Å². The molecule has 0 saturated heterocycles. The first-order valence-corrected chi connectivity index (χ1v) is 5.01. The molecule has 16 heavy (non-hydrogen) atoms. The first-order chi connectivity index (χ1) is 7.63. The Labute approximate surface area is 91.7 Å². The van der Waals surface area contributed by atoms with Crippen LogP contribution in [0.3, 0.4) is 0 Å². The van der Waals surface area contributed by atoms with Crippen molar-refractivity contribution in [2.75, 3.05) is 6.61 Å². The number of ether oxygens (including phenoxy) is 1. The number of fused-ring (bicyclic) bond motifs is 1. The lowest BCUT2D eigenvalue weighted by atomic mass is 10.3. The van der Waals surface area contributed by atoms with Gasteiger partial charge >= 0.3 is 5.97 Å². The lowest BCUT2D eigenvalue weighted by Crippen LogP contribution is -2.10. The summed E-state index contributed by atoms with van der Waals surface area (Å²) in [4.78, 5) is 25.8. The Hall–Kier alpha value is -2.04. The number of hydrogen-bond acceptors (Lipinski definition) is 3. The molecule has 0 aliphatic rings. The van der Waals surface area contributed by atoms with Crippen LogP contribution >= 0.6 is 0 Å². The number of rotatable bonds is 2. The molecule has 5 heteroatoms. The zero-order chi connectivity index (χ0) is 11.7. The predicted octanol–water partition coefficient (Wildman–Crippen LogP) is 1.11. The largest absolute Gasteiger partial charge is 0.461 e. The number of imidazole rings is 1. The third-order valence-corrected chi connectivity index (χ3v) is 2.31. The summed E-state index contributed by atoms with van der Waals surface area (Å²) >= 11 is 0. The first-order valence-electron chi connectivity index (χ1n) is 5.01. The molecule has 2 rings (SSSR count). The monoisotopic (exact) mass is 220 g/mol. The van der Waals surface area contributed by atoms with Crippen molar-refractivity contribution in [2.45, 2.75) is 13.8 Å². The minimum absolute atomic E-state index is 0.100. The molecular weight excluding hydrogens is 208 g/mol. The van der Waals surface area contributed by atoms with Crippen molar-refractivity contribution < 1.29 is 9.53 Å². The molecule has 0 unspecified atom stereocenters. The quantitative estimate of drug-likeness (QED) is 0.771. The molecule has 5 nitrogen and oxygen atoms in total. The van der Waals surface area contributed by atoms with Crippen molar-refractivity contribution in [1.29, 1.82) is 0 Å². The molecule has 0 saturated carbocycles. The van der Waals surface area contributed by atoms with Gasteiger partial charge in [-0.2, -0.15) is 0 Å². The van der Waals surface area contributed by atoms with Gasteiger partial charge in [0.1, 0.15) is 5.65 Å². The van der Waals surface area contributed by atoms with E-state index in [4.69, 9.17) is 4.74 Å². The summed E-state index contributed by atoms with van der Waals surface area (Å²) in [5.41, 5.74) is 1.60. The van der Waals surface area contributed by atoms with E-state index in [1.807, 2.05) is 0 Å². The topological polar surface area (TPSA) is 63.6 Å². The maximum Gasteiger partial charge on any atom is 0.357 e. The summed E-state index contributed by atoms with van der Waals surface area (Å²) in [6.07, 6.45) is 1.56. The van der Waals surface area contributed by atoms with Crippen LogP contribution in [-0.2, 0) is 4.74 Å². The van der Waals surface area contributed by atoms with E-state index >= 15 is 0 Å². The van der Waals surface area contributed by atoms with Crippen LogP contribution in [0.25, 0.3) is 5.65 Å². The van der Waals surface area contributed by atoms with Gasteiger partial charge in [-0.15, -0.1) is 0 Å². The Bertz CT molecular complexity index is 595. The summed E-state index contributed by atoms with van der Waals surface area (Å²) in [5, 5.41) is 0. The highest BCUT2D eigenvalue weighted by Crippen LogP contribution is 2.11. The van der Waals surface area contributed by atoms with Crippen LogP contribution in [0.5, 0.6) is 0 Å². The third-order valence-electron chi connectivity index (χ3n) is 2.31. The number of aromatic nitrogens is 2. The predicted molar refractivity (Wildman–Crippen MR) is 58.7 cm³/mol. The van der Waals surface area contributed by atoms with Crippen LogP contribution < -0.4 is 5.43 Å². The fourth-order valence-corrected chi connectivity index (χ4v) is 1.65. The third kappa shape index (κ3) is 1.60. The molecular formula is C11H12N2O3. The summed E-state index contributed by atoms with van der Waals surface area (Å²) in [6, 6.07) is 2.85. The van der Waals surface area contributed by atoms with Gasteiger partial charge in [-0.25, -0.2) is 4.79 Å². The number of esters is 1. The number of nitrogens with zero attached hydrogens (tertiary/aromatic N) is 1. The number of pyridine rings is 1. The molecule has 0 aliphatic carbocycles. The SMILES string of the molecule is CCOC(=O)c1c(C)[nH]c2cc(=O)ccn12. The molecule has 0 radical (unpaired) electrons. The highest BCUT2D eigenvalue weighted by atomic mass is 16.5. The van der Waals surface area contributed by atoms with Gasteiger partial charge in [0.2, 0.25) is 0 Å². The average Bonchev–Trinajstić information content (AvgIpc) is 2.53. The number of H-pyrrole nitrogens is 1. The van der Waals surface area contributed by atoms with E-state index in [1.165, 1.54) is 12.1 Å². The highest BCUT2D eigenvalue weighted by molar-refractivity contribution is 5.90. The number of nitrogens with one attached hydrogen (secondary N) is 1. The van der Waals surface area contributed by atoms with Crippen molar-refractivity contribution in [3.63, 3.8) is 0 Å². The van der Waals surface area contributed by atoms with Crippen LogP contribution in [-0.4, -0.2) is 22.0 Å². The Morgan fingerprint density at radius 3 is 3.00 bits per heavy atom. The van der Waals surface area contributed by atoms with Gasteiger partial charge in [-0.05, 0) is 13.8 Å². The van der Waals surface area contributed by atoms with Crippen molar-refractivity contribution in [1.82, 2.24) is 9.38 Å². The van der Waals surface area contributed by atoms with Gasteiger partial charge in [0, 0.05) is 24.0 Å². The molecule has 2 aromatic rings. The lowest BCUT2D eigenvalue weighted by molar-refractivity contribution is 0.0517. The molecule has 2 aromatic heterocycles. The molecule has 0 bridgehead atoms. The molecule has 1 N–H and O–H groups in total. The second-order valence-electron chi connectivity index (χ2n) is 3.44. The molecule has 0 aromatic carbocycles. The normalized spacial score (nSPS) is 10.6. The van der Waals surface area contributed by atoms with E-state index in [9.17, 15) is 9.59 Å². The number of aromatic amines is 1. The van der Waals surface area contributed by atoms with Crippen LogP contribution in [0.4, 0.5) is 0 Å². The molecule has 0 aliphatic heterocycles. The smallest absolute Gasteiger partial charge is 0.357 e. The van der Waals surface area contributed by atoms with Gasteiger partial charge in [0.15, 0.2) is 11.1 Å². The van der Waals surface area contributed by atoms with Crippen molar-refractivity contribution in [3.8, 4) is 0 Å². The Balaban J connectivity index is 2.65. The van der Waals surface area contributed by atoms with Crippen LogP contribution in [0.2, 0.25) is 0 Å².